The highest BCUT2D eigenvalue weighted by atomic mass is 19.1. The van der Waals surface area contributed by atoms with E-state index in [1.165, 1.54) is 5.56 Å². The molecule has 192 valence electrons. The van der Waals surface area contributed by atoms with Crippen molar-refractivity contribution in [3.05, 3.63) is 89.6 Å². The molecule has 0 bridgehead atoms. The van der Waals surface area contributed by atoms with Crippen molar-refractivity contribution in [2.75, 3.05) is 11.5 Å². The maximum absolute atomic E-state index is 15.9. The summed E-state index contributed by atoms with van der Waals surface area (Å²) in [5.41, 5.74) is 10.2. The van der Waals surface area contributed by atoms with E-state index < -0.39 is 5.82 Å². The summed E-state index contributed by atoms with van der Waals surface area (Å²) in [5.74, 6) is 0.724. The van der Waals surface area contributed by atoms with Crippen molar-refractivity contribution < 1.29 is 13.9 Å². The van der Waals surface area contributed by atoms with Crippen LogP contribution in [-0.2, 0) is 6.54 Å². The summed E-state index contributed by atoms with van der Waals surface area (Å²) in [6.07, 6.45) is 1.63. The van der Waals surface area contributed by atoms with Gasteiger partial charge in [0, 0.05) is 35.1 Å². The van der Waals surface area contributed by atoms with E-state index in [1.807, 2.05) is 58.2 Å². The second-order valence-corrected chi connectivity index (χ2v) is 9.00. The third-order valence-electron chi connectivity index (χ3n) is 5.73. The summed E-state index contributed by atoms with van der Waals surface area (Å²) in [6, 6.07) is 18.4. The number of nitrogens with zero attached hydrogens (tertiary/aromatic N) is 2. The molecule has 0 aliphatic heterocycles. The van der Waals surface area contributed by atoms with E-state index in [0.29, 0.717) is 29.4 Å². The molecule has 0 fully saturated rings. The second-order valence-electron chi connectivity index (χ2n) is 9.00. The van der Waals surface area contributed by atoms with Crippen LogP contribution in [0.25, 0.3) is 11.3 Å². The molecule has 0 spiro atoms. The Morgan fingerprint density at radius 3 is 2.43 bits per heavy atom. The first-order valence-corrected chi connectivity index (χ1v) is 12.2. The van der Waals surface area contributed by atoms with Gasteiger partial charge in [-0.05, 0) is 52.0 Å². The van der Waals surface area contributed by atoms with Gasteiger partial charge in [-0.2, -0.15) is 0 Å². The number of anilines is 2. The monoisotopic (exact) mass is 501 g/mol. The quantitative estimate of drug-likeness (QED) is 0.174. The highest BCUT2D eigenvalue weighted by molar-refractivity contribution is 5.95. The van der Waals surface area contributed by atoms with E-state index in [2.05, 4.69) is 4.98 Å². The minimum atomic E-state index is -0.502. The molecule has 0 radical (unpaired) electrons. The average Bonchev–Trinajstić information content (AvgIpc) is 3.33. The zero-order valence-electron chi connectivity index (χ0n) is 21.5. The first-order valence-electron chi connectivity index (χ1n) is 12.2. The molecule has 0 aliphatic rings. The van der Waals surface area contributed by atoms with Crippen molar-refractivity contribution in [3.63, 3.8) is 0 Å². The molecular weight excluding hydrogens is 469 g/mol. The molecule has 37 heavy (non-hydrogen) atoms. The molecule has 4 N–H and O–H groups in total. The van der Waals surface area contributed by atoms with Crippen molar-refractivity contribution in [2.45, 2.75) is 40.3 Å². The van der Waals surface area contributed by atoms with Crippen LogP contribution in [0.3, 0.4) is 0 Å². The predicted octanol–water partition coefficient (Wildman–Crippen LogP) is 6.33. The molecule has 4 aromatic rings. The Morgan fingerprint density at radius 2 is 1.81 bits per heavy atom. The number of aromatic amines is 1. The van der Waals surface area contributed by atoms with E-state index in [-0.39, 0.29) is 29.9 Å². The van der Waals surface area contributed by atoms with Gasteiger partial charge in [0.15, 0.2) is 11.6 Å². The number of halogens is 1. The summed E-state index contributed by atoms with van der Waals surface area (Å²) in [6.45, 7) is 8.29. The first-order chi connectivity index (χ1) is 17.7. The lowest BCUT2D eigenvalue weighted by molar-refractivity contribution is 0.229. The van der Waals surface area contributed by atoms with Crippen molar-refractivity contribution in [1.29, 1.82) is 5.41 Å². The first kappa shape index (κ1) is 25.8. The number of nitrogens with one attached hydrogen (secondary N) is 2. The fraction of sp³-hybridized carbons (Fsp3) is 0.241. The van der Waals surface area contributed by atoms with E-state index in [9.17, 15) is 0 Å². The van der Waals surface area contributed by atoms with Crippen molar-refractivity contribution >= 4 is 17.2 Å². The summed E-state index contributed by atoms with van der Waals surface area (Å²) in [7, 11) is 0. The molecule has 0 aliphatic carbocycles. The second kappa shape index (κ2) is 11.2. The summed E-state index contributed by atoms with van der Waals surface area (Å²) >= 11 is 0. The van der Waals surface area contributed by atoms with Gasteiger partial charge >= 0.3 is 0 Å². The Hall–Kier alpha value is -4.33. The fourth-order valence-corrected chi connectivity index (χ4v) is 3.95. The number of ether oxygens (including phenoxy) is 2. The van der Waals surface area contributed by atoms with Gasteiger partial charge in [-0.1, -0.05) is 29.8 Å². The van der Waals surface area contributed by atoms with Crippen LogP contribution in [0.5, 0.6) is 11.5 Å². The molecule has 0 saturated carbocycles. The van der Waals surface area contributed by atoms with Crippen LogP contribution in [0.2, 0.25) is 0 Å². The zero-order chi connectivity index (χ0) is 26.5. The van der Waals surface area contributed by atoms with Crippen LogP contribution < -0.4 is 20.1 Å². The van der Waals surface area contributed by atoms with Crippen LogP contribution in [0.4, 0.5) is 15.8 Å². The molecule has 4 rings (SSSR count). The molecule has 0 amide bonds. The minimum absolute atomic E-state index is 0.0379. The van der Waals surface area contributed by atoms with Gasteiger partial charge < -0.3 is 25.1 Å². The summed E-state index contributed by atoms with van der Waals surface area (Å²) < 4.78 is 27.4. The lowest BCUT2D eigenvalue weighted by Gasteiger charge is -2.26. The van der Waals surface area contributed by atoms with Crippen molar-refractivity contribution in [1.82, 2.24) is 9.97 Å². The van der Waals surface area contributed by atoms with Crippen molar-refractivity contribution in [3.8, 4) is 22.8 Å². The van der Waals surface area contributed by atoms with Crippen molar-refractivity contribution in [2.24, 2.45) is 5.73 Å². The van der Waals surface area contributed by atoms with Gasteiger partial charge in [0.05, 0.1) is 30.6 Å². The number of hydrogen-bond donors (Lipinski definition) is 3. The van der Waals surface area contributed by atoms with Crippen LogP contribution >= 0.6 is 0 Å². The number of nitrogens with two attached hydrogens (primary N) is 1. The Labute approximate surface area is 216 Å². The Kier molecular flexibility index (Phi) is 7.77. The van der Waals surface area contributed by atoms with Crippen LogP contribution in [0.15, 0.2) is 66.9 Å². The third-order valence-corrected chi connectivity index (χ3v) is 5.73. The maximum atomic E-state index is 15.9. The van der Waals surface area contributed by atoms with Gasteiger partial charge in [0.25, 0.3) is 0 Å². The molecule has 8 heteroatoms. The molecule has 7 nitrogen and oxygen atoms in total. The molecule has 0 saturated heterocycles. The van der Waals surface area contributed by atoms with Gasteiger partial charge in [0.1, 0.15) is 17.4 Å². The van der Waals surface area contributed by atoms with Gasteiger partial charge in [-0.25, -0.2) is 9.37 Å². The largest absolute Gasteiger partial charge is 0.494 e. The standard InChI is InChI=1S/C29H32FN5O2/c1-5-36-23-14-25(28(30)26(15-23)37-18(2)3)35(22-12-10-21(11-13-22)29(31)32)17-27-33-16-24(34-27)20-8-6-19(4)7-9-20/h6-16,18H,5,17H2,1-4H3,(H3,31,32)(H,33,34). The number of imidazole rings is 1. The Balaban J connectivity index is 1.78. The Morgan fingerprint density at radius 1 is 1.11 bits per heavy atom. The van der Waals surface area contributed by atoms with Crippen LogP contribution in [-0.4, -0.2) is 28.5 Å². The van der Waals surface area contributed by atoms with Gasteiger partial charge in [-0.3, -0.25) is 5.41 Å². The minimum Gasteiger partial charge on any atom is -0.494 e. The zero-order valence-corrected chi connectivity index (χ0v) is 21.5. The highest BCUT2D eigenvalue weighted by Crippen LogP contribution is 2.38. The molecule has 3 aromatic carbocycles. The average molecular weight is 502 g/mol. The molecule has 0 unspecified atom stereocenters. The van der Waals surface area contributed by atoms with E-state index in [0.717, 1.165) is 11.3 Å². The summed E-state index contributed by atoms with van der Waals surface area (Å²) in [4.78, 5) is 9.80. The number of nitrogen functional groups attached to an aromatic ring is 1. The topological polar surface area (TPSA) is 100 Å². The Bertz CT molecular complexity index is 1360. The third kappa shape index (κ3) is 6.09. The van der Waals surface area contributed by atoms with Gasteiger partial charge in [0.2, 0.25) is 0 Å². The molecule has 1 aromatic heterocycles. The van der Waals surface area contributed by atoms with Crippen LogP contribution in [0, 0.1) is 18.2 Å². The number of H-pyrrole nitrogens is 1. The van der Waals surface area contributed by atoms with Gasteiger partial charge in [-0.15, -0.1) is 0 Å². The lowest BCUT2D eigenvalue weighted by atomic mass is 10.1. The SMILES string of the molecule is CCOc1cc(OC(C)C)c(F)c(N(Cc2nc(-c3ccc(C)cc3)c[nH]2)c2ccc(C(=N)N)cc2)c1. The number of benzene rings is 3. The predicted molar refractivity (Wildman–Crippen MR) is 145 cm³/mol. The summed E-state index contributed by atoms with van der Waals surface area (Å²) in [5, 5.41) is 7.71. The number of aromatic nitrogens is 2. The van der Waals surface area contributed by atoms with E-state index >= 15 is 4.39 Å². The number of hydrogen-bond acceptors (Lipinski definition) is 5. The van der Waals surface area contributed by atoms with Crippen LogP contribution in [0.1, 0.15) is 37.7 Å². The number of amidine groups is 1. The van der Waals surface area contributed by atoms with E-state index in [1.54, 1.807) is 41.3 Å². The normalized spacial score (nSPS) is 11.0. The molecular formula is C29H32FN5O2. The lowest BCUT2D eigenvalue weighted by Crippen LogP contribution is -2.20. The molecule has 1 heterocycles. The highest BCUT2D eigenvalue weighted by Gasteiger charge is 2.22. The fourth-order valence-electron chi connectivity index (χ4n) is 3.95. The molecule has 0 atom stereocenters. The number of aryl methyl sites for hydroxylation is 1. The smallest absolute Gasteiger partial charge is 0.188 e. The number of rotatable bonds is 10. The maximum Gasteiger partial charge on any atom is 0.188 e. The van der Waals surface area contributed by atoms with E-state index in [4.69, 9.17) is 25.6 Å².